The Labute approximate surface area is 33.8 Å². The standard InChI is InChI=1S/C3H7BO/c1-2-3-5-4/h2-3H2,1H3. The molecule has 0 unspecified atom stereocenters. The topological polar surface area (TPSA) is 9.23 Å². The molecule has 5 heavy (non-hydrogen) atoms. The normalized spacial score (nSPS) is 8.20. The smallest absolute Gasteiger partial charge is 0.282 e. The van der Waals surface area contributed by atoms with Gasteiger partial charge in [0.25, 0.3) is 8.05 Å². The van der Waals surface area contributed by atoms with Crippen molar-refractivity contribution >= 4 is 8.05 Å². The number of hydrogen-bond acceptors (Lipinski definition) is 1. The van der Waals surface area contributed by atoms with E-state index in [-0.39, 0.29) is 0 Å². The van der Waals surface area contributed by atoms with Crippen molar-refractivity contribution in [3.05, 3.63) is 0 Å². The van der Waals surface area contributed by atoms with Crippen LogP contribution in [0.5, 0.6) is 0 Å². The van der Waals surface area contributed by atoms with E-state index in [1.165, 1.54) is 0 Å². The molecule has 0 heterocycles. The summed E-state index contributed by atoms with van der Waals surface area (Å²) in [6, 6.07) is 0. The molecule has 0 rings (SSSR count). The maximum Gasteiger partial charge on any atom is 0.282 e. The fourth-order valence-corrected chi connectivity index (χ4v) is 0.118. The van der Waals surface area contributed by atoms with Gasteiger partial charge in [-0.2, -0.15) is 0 Å². The summed E-state index contributed by atoms with van der Waals surface area (Å²) < 4.78 is 4.19. The van der Waals surface area contributed by atoms with Gasteiger partial charge in [0, 0.05) is 6.61 Å². The number of rotatable bonds is 2. The molecular formula is C3H7BO. The maximum atomic E-state index is 4.64. The van der Waals surface area contributed by atoms with E-state index in [2.05, 4.69) is 12.7 Å². The van der Waals surface area contributed by atoms with E-state index in [9.17, 15) is 0 Å². The van der Waals surface area contributed by atoms with Crippen LogP contribution in [-0.2, 0) is 4.65 Å². The fourth-order valence-electron chi connectivity index (χ4n) is 0.118. The van der Waals surface area contributed by atoms with Crippen LogP contribution < -0.4 is 0 Å². The van der Waals surface area contributed by atoms with E-state index in [1.54, 1.807) is 0 Å². The van der Waals surface area contributed by atoms with Gasteiger partial charge in [0.1, 0.15) is 0 Å². The largest absolute Gasteiger partial charge is 0.448 e. The van der Waals surface area contributed by atoms with Crippen molar-refractivity contribution < 1.29 is 4.65 Å². The Hall–Kier alpha value is 0.0249. The average Bonchev–Trinajstić information content (AvgIpc) is 1.41. The molecule has 0 aromatic rings. The van der Waals surface area contributed by atoms with Crippen molar-refractivity contribution in [3.63, 3.8) is 0 Å². The highest BCUT2D eigenvalue weighted by molar-refractivity contribution is 5.97. The minimum atomic E-state index is 0.667. The van der Waals surface area contributed by atoms with Crippen molar-refractivity contribution in [1.29, 1.82) is 0 Å². The van der Waals surface area contributed by atoms with E-state index >= 15 is 0 Å². The first-order valence-corrected chi connectivity index (χ1v) is 1.73. The molecule has 0 fully saturated rings. The molecule has 0 aliphatic carbocycles. The second kappa shape index (κ2) is 4.02. The monoisotopic (exact) mass is 70.1 g/mol. The minimum Gasteiger partial charge on any atom is -0.448 e. The van der Waals surface area contributed by atoms with E-state index in [4.69, 9.17) is 0 Å². The van der Waals surface area contributed by atoms with Crippen LogP contribution in [0.25, 0.3) is 0 Å². The van der Waals surface area contributed by atoms with Gasteiger partial charge in [-0.1, -0.05) is 6.92 Å². The van der Waals surface area contributed by atoms with Crippen LogP contribution in [0.2, 0.25) is 0 Å². The first-order chi connectivity index (χ1) is 2.41. The Kier molecular flexibility index (Phi) is 4.05. The summed E-state index contributed by atoms with van der Waals surface area (Å²) in [6.45, 7) is 2.67. The van der Waals surface area contributed by atoms with Crippen LogP contribution in [0.4, 0.5) is 0 Å². The molecule has 0 aliphatic rings. The van der Waals surface area contributed by atoms with Crippen LogP contribution >= 0.6 is 0 Å². The zero-order chi connectivity index (χ0) is 4.12. The predicted molar refractivity (Wildman–Crippen MR) is 22.0 cm³/mol. The Balaban J connectivity index is 2.19. The second-order valence-corrected chi connectivity index (χ2v) is 0.871. The summed E-state index contributed by atoms with van der Waals surface area (Å²) in [5, 5.41) is 0. The molecule has 2 heteroatoms. The van der Waals surface area contributed by atoms with Gasteiger partial charge in [-0.05, 0) is 6.42 Å². The van der Waals surface area contributed by atoms with Crippen LogP contribution in [0.1, 0.15) is 13.3 Å². The molecule has 0 bridgehead atoms. The van der Waals surface area contributed by atoms with E-state index in [0.717, 1.165) is 6.42 Å². The van der Waals surface area contributed by atoms with Crippen molar-refractivity contribution in [3.8, 4) is 0 Å². The maximum absolute atomic E-state index is 4.64. The third-order valence-electron chi connectivity index (χ3n) is 0.322. The Bertz CT molecular complexity index is 14.4. The van der Waals surface area contributed by atoms with E-state index < -0.39 is 0 Å². The quantitative estimate of drug-likeness (QED) is 0.429. The van der Waals surface area contributed by atoms with Gasteiger partial charge in [0.2, 0.25) is 0 Å². The molecule has 0 amide bonds. The third kappa shape index (κ3) is 4.02. The van der Waals surface area contributed by atoms with Gasteiger partial charge in [0.15, 0.2) is 0 Å². The predicted octanol–water partition coefficient (Wildman–Crippen LogP) is 0.496. The zero-order valence-corrected chi connectivity index (χ0v) is 3.40. The van der Waals surface area contributed by atoms with Crippen LogP contribution in [0.15, 0.2) is 0 Å². The lowest BCUT2D eigenvalue weighted by Crippen LogP contribution is -1.83. The lowest BCUT2D eigenvalue weighted by Gasteiger charge is -1.85. The Morgan fingerprint density at radius 1 is 1.80 bits per heavy atom. The molecule has 0 saturated carbocycles. The van der Waals surface area contributed by atoms with Crippen LogP contribution in [-0.4, -0.2) is 14.7 Å². The van der Waals surface area contributed by atoms with Crippen molar-refractivity contribution in [2.75, 3.05) is 6.61 Å². The Morgan fingerprint density at radius 2 is 2.40 bits per heavy atom. The highest BCUT2D eigenvalue weighted by Gasteiger charge is 1.66. The van der Waals surface area contributed by atoms with Gasteiger partial charge in [-0.25, -0.2) is 0 Å². The number of hydrogen-bond donors (Lipinski definition) is 0. The molecule has 2 radical (unpaired) electrons. The molecule has 0 spiro atoms. The molecule has 0 atom stereocenters. The van der Waals surface area contributed by atoms with E-state index in [0.29, 0.717) is 6.61 Å². The summed E-state index contributed by atoms with van der Waals surface area (Å²) in [7, 11) is 4.64. The second-order valence-electron chi connectivity index (χ2n) is 0.871. The summed E-state index contributed by atoms with van der Waals surface area (Å²) in [4.78, 5) is 0. The molecule has 0 aromatic carbocycles. The van der Waals surface area contributed by atoms with E-state index in [1.807, 2.05) is 6.92 Å². The molecular weight excluding hydrogens is 62.8 g/mol. The minimum absolute atomic E-state index is 0.667. The molecule has 28 valence electrons. The molecule has 0 aromatic heterocycles. The first-order valence-electron chi connectivity index (χ1n) is 1.73. The van der Waals surface area contributed by atoms with Gasteiger partial charge in [0.05, 0.1) is 0 Å². The molecule has 1 nitrogen and oxygen atoms in total. The highest BCUT2D eigenvalue weighted by Crippen LogP contribution is 1.69. The summed E-state index contributed by atoms with van der Waals surface area (Å²) in [6.07, 6.45) is 0.997. The summed E-state index contributed by atoms with van der Waals surface area (Å²) in [5.74, 6) is 0. The average molecular weight is 69.9 g/mol. The van der Waals surface area contributed by atoms with Gasteiger partial charge < -0.3 is 4.65 Å². The van der Waals surface area contributed by atoms with Crippen molar-refractivity contribution in [2.45, 2.75) is 13.3 Å². The molecule has 0 N–H and O–H groups in total. The SMILES string of the molecule is [B]OCCC. The third-order valence-corrected chi connectivity index (χ3v) is 0.322. The lowest BCUT2D eigenvalue weighted by atomic mass is 10.5. The van der Waals surface area contributed by atoms with Gasteiger partial charge in [-0.15, -0.1) is 0 Å². The van der Waals surface area contributed by atoms with Gasteiger partial charge >= 0.3 is 0 Å². The molecule has 0 saturated heterocycles. The summed E-state index contributed by atoms with van der Waals surface area (Å²) in [5.41, 5.74) is 0. The van der Waals surface area contributed by atoms with Crippen LogP contribution in [0, 0.1) is 0 Å². The summed E-state index contributed by atoms with van der Waals surface area (Å²) >= 11 is 0. The first kappa shape index (κ1) is 5.02. The van der Waals surface area contributed by atoms with Crippen molar-refractivity contribution in [2.24, 2.45) is 0 Å². The highest BCUT2D eigenvalue weighted by atomic mass is 16.4. The lowest BCUT2D eigenvalue weighted by molar-refractivity contribution is 0.349. The molecule has 0 aliphatic heterocycles. The van der Waals surface area contributed by atoms with Crippen molar-refractivity contribution in [1.82, 2.24) is 0 Å². The van der Waals surface area contributed by atoms with Crippen LogP contribution in [0.3, 0.4) is 0 Å². The Morgan fingerprint density at radius 3 is 2.40 bits per heavy atom. The van der Waals surface area contributed by atoms with Gasteiger partial charge in [-0.3, -0.25) is 0 Å². The zero-order valence-electron chi connectivity index (χ0n) is 3.40. The fraction of sp³-hybridized carbons (Fsp3) is 1.00.